The molecule has 0 radical (unpaired) electrons. The highest BCUT2D eigenvalue weighted by Crippen LogP contribution is 1.80. The van der Waals surface area contributed by atoms with E-state index in [2.05, 4.69) is 0 Å². The third kappa shape index (κ3) is 2.54. The van der Waals surface area contributed by atoms with E-state index in [4.69, 9.17) is 4.42 Å². The Labute approximate surface area is 54.3 Å². The molecule has 46 valence electrons. The maximum absolute atomic E-state index is 4.89. The van der Waals surface area contributed by atoms with Gasteiger partial charge in [0.05, 0.1) is 12.5 Å². The molecule has 0 aliphatic heterocycles. The van der Waals surface area contributed by atoms with Crippen LogP contribution in [-0.2, 0) is 0 Å². The van der Waals surface area contributed by atoms with Gasteiger partial charge in [0, 0.05) is 0 Å². The van der Waals surface area contributed by atoms with E-state index in [-0.39, 0.29) is 0 Å². The summed E-state index contributed by atoms with van der Waals surface area (Å²) in [5.74, 6) is 0. The summed E-state index contributed by atoms with van der Waals surface area (Å²) < 4.78 is 4.89. The minimum absolute atomic E-state index is 1.62. The van der Waals surface area contributed by atoms with Crippen LogP contribution in [0.25, 0.3) is 0 Å². The highest BCUT2D eigenvalue weighted by Gasteiger charge is 1.58. The van der Waals surface area contributed by atoms with Crippen molar-refractivity contribution in [2.45, 2.75) is 0 Å². The van der Waals surface area contributed by atoms with Crippen LogP contribution in [0.2, 0.25) is 0 Å². The Morgan fingerprint density at radius 3 is 1.56 bits per heavy atom. The fourth-order valence-corrected chi connectivity index (χ4v) is 0.483. The van der Waals surface area contributed by atoms with E-state index in [1.807, 2.05) is 36.4 Å². The summed E-state index contributed by atoms with van der Waals surface area (Å²) in [5.41, 5.74) is 0. The van der Waals surface area contributed by atoms with Gasteiger partial charge in [-0.25, -0.2) is 0 Å². The number of rotatable bonds is 0. The first-order chi connectivity index (χ1) is 4.50. The summed E-state index contributed by atoms with van der Waals surface area (Å²) in [6.45, 7) is 0. The van der Waals surface area contributed by atoms with E-state index in [1.54, 1.807) is 12.5 Å². The maximum atomic E-state index is 4.89. The lowest BCUT2D eigenvalue weighted by Gasteiger charge is -1.65. The molecule has 0 saturated heterocycles. The van der Waals surface area contributed by atoms with Gasteiger partial charge in [-0.15, -0.1) is 0 Å². The first-order valence-electron chi connectivity index (χ1n) is 2.80. The highest BCUT2D eigenvalue weighted by molar-refractivity contribution is 4.91. The van der Waals surface area contributed by atoms with Crippen LogP contribution < -0.4 is 0 Å². The molecule has 0 amide bonds. The zero-order chi connectivity index (χ0) is 6.36. The van der Waals surface area contributed by atoms with Gasteiger partial charge in [0.1, 0.15) is 0 Å². The van der Waals surface area contributed by atoms with Gasteiger partial charge >= 0.3 is 0 Å². The summed E-state index contributed by atoms with van der Waals surface area (Å²) in [5, 5.41) is 0. The lowest BCUT2D eigenvalue weighted by molar-refractivity contribution is 0.554. The minimum atomic E-state index is 1.62. The molecule has 9 heavy (non-hydrogen) atoms. The van der Waals surface area contributed by atoms with Crippen molar-refractivity contribution in [2.24, 2.45) is 0 Å². The molecule has 1 aromatic heterocycles. The molecular weight excluding hydrogens is 112 g/mol. The second-order valence-electron chi connectivity index (χ2n) is 1.56. The molecule has 0 aliphatic carbocycles. The summed E-state index contributed by atoms with van der Waals surface area (Å²) in [6.07, 6.45) is 3.25. The third-order valence-electron chi connectivity index (χ3n) is 0.870. The van der Waals surface area contributed by atoms with Gasteiger partial charge in [-0.2, -0.15) is 0 Å². The molecule has 0 saturated carbocycles. The zero-order valence-corrected chi connectivity index (χ0v) is 5.03. The lowest BCUT2D eigenvalue weighted by Crippen LogP contribution is -1.38. The monoisotopic (exact) mass is 120 g/mol. The van der Waals surface area contributed by atoms with E-state index in [0.717, 1.165) is 0 Å². The van der Waals surface area contributed by atoms with Crippen molar-refractivity contribution in [3.63, 3.8) is 0 Å². The predicted octanol–water partition coefficient (Wildman–Crippen LogP) is 2.40. The fourth-order valence-electron chi connectivity index (χ4n) is 0.483. The molecular formula is C8H8O. The Hall–Kier alpha value is -1.24. The van der Waals surface area contributed by atoms with E-state index in [0.29, 0.717) is 0 Å². The Morgan fingerprint density at radius 1 is 0.556 bits per heavy atom. The normalized spacial score (nSPS) is 8.00. The fraction of sp³-hybridized carbons (Fsp3) is 0. The Morgan fingerprint density at radius 2 is 1.00 bits per heavy atom. The summed E-state index contributed by atoms with van der Waals surface area (Å²) in [7, 11) is 0. The first-order valence-corrected chi connectivity index (χ1v) is 2.80. The Bertz CT molecular complexity index is 126. The molecule has 1 aromatic rings. The van der Waals surface area contributed by atoms with Crippen molar-refractivity contribution in [3.8, 4) is 0 Å². The quantitative estimate of drug-likeness (QED) is 0.512. The molecule has 1 nitrogen and oxygen atoms in total. The minimum Gasteiger partial charge on any atom is -0.473 e. The van der Waals surface area contributed by atoms with Gasteiger partial charge in [0.15, 0.2) is 0 Å². The van der Waals surface area contributed by atoms with E-state index >= 15 is 0 Å². The Balaban J connectivity index is 3.04. The van der Waals surface area contributed by atoms with Crippen molar-refractivity contribution >= 4 is 0 Å². The molecule has 1 heteroatoms. The molecule has 0 spiro atoms. The average molecular weight is 120 g/mol. The molecule has 0 aromatic carbocycles. The van der Waals surface area contributed by atoms with Crippen LogP contribution in [0.5, 0.6) is 0 Å². The van der Waals surface area contributed by atoms with Gasteiger partial charge in [-0.1, -0.05) is 24.3 Å². The highest BCUT2D eigenvalue weighted by atomic mass is 16.3. The van der Waals surface area contributed by atoms with E-state index in [9.17, 15) is 0 Å². The van der Waals surface area contributed by atoms with Gasteiger partial charge in [-0.3, -0.25) is 0 Å². The molecule has 0 aliphatic rings. The maximum Gasteiger partial charge on any atom is 0.0901 e. The van der Waals surface area contributed by atoms with Gasteiger partial charge in [0.25, 0.3) is 0 Å². The van der Waals surface area contributed by atoms with Crippen LogP contribution in [0.3, 0.4) is 0 Å². The topological polar surface area (TPSA) is 13.1 Å². The van der Waals surface area contributed by atoms with Crippen molar-refractivity contribution in [3.05, 3.63) is 48.9 Å². The summed E-state index contributed by atoms with van der Waals surface area (Å²) >= 11 is 0. The molecule has 0 N–H and O–H groups in total. The standard InChI is InChI=1S/C8H8O/c1-2-4-6-8-9-7-5-3-1/h1-8H. The largest absolute Gasteiger partial charge is 0.473 e. The second-order valence-corrected chi connectivity index (χ2v) is 1.56. The van der Waals surface area contributed by atoms with Crippen molar-refractivity contribution in [1.82, 2.24) is 0 Å². The molecule has 0 fully saturated rings. The van der Waals surface area contributed by atoms with Gasteiger partial charge in [-0.05, 0) is 12.1 Å². The summed E-state index contributed by atoms with van der Waals surface area (Å²) in [4.78, 5) is 0. The first kappa shape index (κ1) is 5.89. The predicted molar refractivity (Wildman–Crippen MR) is 36.3 cm³/mol. The number of hydrogen-bond donors (Lipinski definition) is 0. The van der Waals surface area contributed by atoms with Gasteiger partial charge in [0.2, 0.25) is 0 Å². The zero-order valence-electron chi connectivity index (χ0n) is 5.03. The number of hydrogen-bond acceptors (Lipinski definition) is 1. The van der Waals surface area contributed by atoms with Crippen LogP contribution in [-0.4, -0.2) is 0 Å². The summed E-state index contributed by atoms with van der Waals surface area (Å²) in [6, 6.07) is 11.4. The molecule has 0 bridgehead atoms. The van der Waals surface area contributed by atoms with Gasteiger partial charge < -0.3 is 4.42 Å². The van der Waals surface area contributed by atoms with Crippen LogP contribution in [0.4, 0.5) is 0 Å². The molecule has 1 heterocycles. The SMILES string of the molecule is c1ccccoccc1. The van der Waals surface area contributed by atoms with Crippen LogP contribution in [0.15, 0.2) is 53.3 Å². The van der Waals surface area contributed by atoms with E-state index in [1.165, 1.54) is 0 Å². The third-order valence-corrected chi connectivity index (χ3v) is 0.870. The van der Waals surface area contributed by atoms with Crippen LogP contribution in [0.1, 0.15) is 0 Å². The van der Waals surface area contributed by atoms with Crippen molar-refractivity contribution in [2.75, 3.05) is 0 Å². The van der Waals surface area contributed by atoms with E-state index < -0.39 is 0 Å². The second kappa shape index (κ2) is 3.72. The lowest BCUT2D eigenvalue weighted by atomic mass is 10.5. The van der Waals surface area contributed by atoms with Crippen molar-refractivity contribution in [1.29, 1.82) is 0 Å². The van der Waals surface area contributed by atoms with Crippen molar-refractivity contribution < 1.29 is 4.42 Å². The average Bonchev–Trinajstić information content (AvgIpc) is 2.00. The smallest absolute Gasteiger partial charge is 0.0901 e. The molecule has 0 atom stereocenters. The van der Waals surface area contributed by atoms with Crippen LogP contribution >= 0.6 is 0 Å². The molecule has 0 unspecified atom stereocenters. The molecule has 1 rings (SSSR count). The Kier molecular flexibility index (Phi) is 2.44. The van der Waals surface area contributed by atoms with Crippen LogP contribution in [0, 0.1) is 0 Å².